The minimum Gasteiger partial charge on any atom is -0.334 e. The monoisotopic (exact) mass is 408 g/mol. The summed E-state index contributed by atoms with van der Waals surface area (Å²) in [7, 11) is 1.97. The number of hydrogen-bond donors (Lipinski definition) is 0. The first kappa shape index (κ1) is 19.8. The molecule has 1 fully saturated rings. The van der Waals surface area contributed by atoms with Gasteiger partial charge in [0.2, 0.25) is 5.91 Å². The largest absolute Gasteiger partial charge is 0.334 e. The van der Waals surface area contributed by atoms with Crippen molar-refractivity contribution in [3.05, 3.63) is 93.9 Å². The number of halogens is 1. The van der Waals surface area contributed by atoms with Crippen LogP contribution < -0.4 is 0 Å². The average Bonchev–Trinajstić information content (AvgIpc) is 3.42. The van der Waals surface area contributed by atoms with Crippen LogP contribution in [0, 0.1) is 5.82 Å². The fourth-order valence-corrected chi connectivity index (χ4v) is 5.09. The van der Waals surface area contributed by atoms with Crippen molar-refractivity contribution >= 4 is 17.2 Å². The Bertz CT molecular complexity index is 927. The molecular weight excluding hydrogens is 383 g/mol. The van der Waals surface area contributed by atoms with Crippen LogP contribution in [0.25, 0.3) is 0 Å². The molecule has 0 N–H and O–H groups in total. The fourth-order valence-electron chi connectivity index (χ4n) is 4.22. The summed E-state index contributed by atoms with van der Waals surface area (Å²) < 4.78 is 13.5. The second-order valence-corrected chi connectivity index (χ2v) is 8.52. The summed E-state index contributed by atoms with van der Waals surface area (Å²) in [5, 5.41) is 2.07. The van der Waals surface area contributed by atoms with Gasteiger partial charge in [-0.2, -0.15) is 0 Å². The van der Waals surface area contributed by atoms with Gasteiger partial charge in [0.1, 0.15) is 5.82 Å². The number of carbonyl (C=O) groups is 1. The maximum absolute atomic E-state index is 13.5. The van der Waals surface area contributed by atoms with Crippen molar-refractivity contribution < 1.29 is 9.18 Å². The van der Waals surface area contributed by atoms with E-state index in [1.54, 1.807) is 23.5 Å². The van der Waals surface area contributed by atoms with E-state index in [9.17, 15) is 9.18 Å². The molecule has 150 valence electrons. The third-order valence-corrected chi connectivity index (χ3v) is 6.54. The predicted octanol–water partition coefficient (Wildman–Crippen LogP) is 5.27. The number of benzene rings is 2. The molecule has 0 unspecified atom stereocenters. The van der Waals surface area contributed by atoms with Gasteiger partial charge < -0.3 is 4.90 Å². The summed E-state index contributed by atoms with van der Waals surface area (Å²) >= 11 is 1.72. The van der Waals surface area contributed by atoms with Crippen LogP contribution in [0.4, 0.5) is 4.39 Å². The SMILES string of the molecule is CN(CC(=O)N1CCC[C@@H]1c1cccs1)[C@H](c1ccccc1)c1ccc(F)cc1. The molecule has 3 aromatic rings. The Morgan fingerprint density at radius 1 is 1.10 bits per heavy atom. The molecule has 2 aromatic carbocycles. The van der Waals surface area contributed by atoms with Gasteiger partial charge in [0.15, 0.2) is 0 Å². The highest BCUT2D eigenvalue weighted by molar-refractivity contribution is 7.10. The van der Waals surface area contributed by atoms with Crippen molar-refractivity contribution in [2.45, 2.75) is 24.9 Å². The lowest BCUT2D eigenvalue weighted by Crippen LogP contribution is -2.40. The van der Waals surface area contributed by atoms with Gasteiger partial charge in [-0.15, -0.1) is 11.3 Å². The zero-order valence-corrected chi connectivity index (χ0v) is 17.3. The van der Waals surface area contributed by atoms with Gasteiger partial charge in [-0.05, 0) is 54.6 Å². The van der Waals surface area contributed by atoms with Crippen LogP contribution in [0.1, 0.15) is 40.9 Å². The Balaban J connectivity index is 1.55. The average molecular weight is 409 g/mol. The van der Waals surface area contributed by atoms with Gasteiger partial charge in [-0.1, -0.05) is 48.5 Å². The van der Waals surface area contributed by atoms with E-state index in [1.807, 2.05) is 36.2 Å². The summed E-state index contributed by atoms with van der Waals surface area (Å²) in [6, 6.07) is 20.9. The summed E-state index contributed by atoms with van der Waals surface area (Å²) in [5.74, 6) is -0.110. The molecule has 5 heteroatoms. The second-order valence-electron chi connectivity index (χ2n) is 7.54. The minimum atomic E-state index is -0.254. The molecule has 2 heterocycles. The lowest BCUT2D eigenvalue weighted by molar-refractivity contribution is -0.133. The van der Waals surface area contributed by atoms with E-state index < -0.39 is 0 Å². The molecule has 1 aliphatic rings. The highest BCUT2D eigenvalue weighted by Gasteiger charge is 2.32. The molecule has 0 aliphatic carbocycles. The van der Waals surface area contributed by atoms with Gasteiger partial charge in [0.05, 0.1) is 18.6 Å². The zero-order valence-electron chi connectivity index (χ0n) is 16.5. The van der Waals surface area contributed by atoms with Crippen molar-refractivity contribution in [1.82, 2.24) is 9.80 Å². The predicted molar refractivity (Wildman–Crippen MR) is 115 cm³/mol. The van der Waals surface area contributed by atoms with Crippen LogP contribution >= 0.6 is 11.3 Å². The molecule has 0 spiro atoms. The number of likely N-dealkylation sites (tertiary alicyclic amines) is 1. The van der Waals surface area contributed by atoms with Crippen molar-refractivity contribution in [3.8, 4) is 0 Å². The number of amides is 1. The van der Waals surface area contributed by atoms with E-state index >= 15 is 0 Å². The van der Waals surface area contributed by atoms with Crippen LogP contribution in [0.2, 0.25) is 0 Å². The maximum atomic E-state index is 13.5. The smallest absolute Gasteiger partial charge is 0.237 e. The summed E-state index contributed by atoms with van der Waals surface area (Å²) in [4.78, 5) is 18.6. The second kappa shape index (κ2) is 8.89. The first-order chi connectivity index (χ1) is 14.1. The molecule has 0 radical (unpaired) electrons. The number of thiophene rings is 1. The van der Waals surface area contributed by atoms with Crippen LogP contribution in [0.5, 0.6) is 0 Å². The normalized spacial score (nSPS) is 17.6. The van der Waals surface area contributed by atoms with E-state index in [0.29, 0.717) is 6.54 Å². The lowest BCUT2D eigenvalue weighted by Gasteiger charge is -2.31. The van der Waals surface area contributed by atoms with Gasteiger partial charge in [0, 0.05) is 11.4 Å². The Morgan fingerprint density at radius 3 is 2.52 bits per heavy atom. The first-order valence-corrected chi connectivity index (χ1v) is 10.8. The number of likely N-dealkylation sites (N-methyl/N-ethyl adjacent to an activating group) is 1. The molecule has 4 rings (SSSR count). The minimum absolute atomic E-state index is 0.108. The van der Waals surface area contributed by atoms with Gasteiger partial charge in [0.25, 0.3) is 0 Å². The Morgan fingerprint density at radius 2 is 1.83 bits per heavy atom. The topological polar surface area (TPSA) is 23.6 Å². The summed E-state index contributed by atoms with van der Waals surface area (Å²) in [6.45, 7) is 1.13. The molecule has 1 saturated heterocycles. The molecular formula is C24H25FN2OS. The first-order valence-electron chi connectivity index (χ1n) is 9.97. The standard InChI is InChI=1S/C24H25FN2OS/c1-26(17-23(28)27-15-5-9-21(27)22-10-6-16-29-22)24(18-7-3-2-4-8-18)19-11-13-20(25)14-12-19/h2-4,6-8,10-14,16,21,24H,5,9,15,17H2,1H3/t21-,24-/m1/s1. The highest BCUT2D eigenvalue weighted by Crippen LogP contribution is 2.35. The number of hydrogen-bond acceptors (Lipinski definition) is 3. The van der Waals surface area contributed by atoms with E-state index in [0.717, 1.165) is 30.5 Å². The van der Waals surface area contributed by atoms with Crippen molar-refractivity contribution in [1.29, 1.82) is 0 Å². The van der Waals surface area contributed by atoms with Gasteiger partial charge in [-0.3, -0.25) is 9.69 Å². The van der Waals surface area contributed by atoms with Crippen LogP contribution in [-0.2, 0) is 4.79 Å². The number of carbonyl (C=O) groups excluding carboxylic acids is 1. The summed E-state index contributed by atoms with van der Waals surface area (Å²) in [5.41, 5.74) is 2.06. The van der Waals surface area contributed by atoms with Crippen LogP contribution in [0.15, 0.2) is 72.1 Å². The molecule has 29 heavy (non-hydrogen) atoms. The Kier molecular flexibility index (Phi) is 6.07. The third kappa shape index (κ3) is 4.41. The molecule has 1 aromatic heterocycles. The van der Waals surface area contributed by atoms with E-state index in [2.05, 4.69) is 28.5 Å². The fraction of sp³-hybridized carbons (Fsp3) is 0.292. The quantitative estimate of drug-likeness (QED) is 0.555. The van der Waals surface area contributed by atoms with E-state index in [4.69, 9.17) is 0 Å². The van der Waals surface area contributed by atoms with Crippen molar-refractivity contribution in [2.75, 3.05) is 20.1 Å². The molecule has 3 nitrogen and oxygen atoms in total. The molecule has 0 saturated carbocycles. The molecule has 0 bridgehead atoms. The van der Waals surface area contributed by atoms with E-state index in [-0.39, 0.29) is 23.8 Å². The lowest BCUT2D eigenvalue weighted by atomic mass is 9.97. The maximum Gasteiger partial charge on any atom is 0.237 e. The molecule has 1 amide bonds. The van der Waals surface area contributed by atoms with Crippen LogP contribution in [-0.4, -0.2) is 35.8 Å². The zero-order chi connectivity index (χ0) is 20.2. The highest BCUT2D eigenvalue weighted by atomic mass is 32.1. The van der Waals surface area contributed by atoms with E-state index in [1.165, 1.54) is 17.0 Å². The van der Waals surface area contributed by atoms with Gasteiger partial charge in [-0.25, -0.2) is 4.39 Å². The van der Waals surface area contributed by atoms with Crippen molar-refractivity contribution in [2.24, 2.45) is 0 Å². The molecule has 2 atom stereocenters. The Hall–Kier alpha value is -2.50. The number of nitrogens with zero attached hydrogens (tertiary/aromatic N) is 2. The van der Waals surface area contributed by atoms with Gasteiger partial charge >= 0.3 is 0 Å². The van der Waals surface area contributed by atoms with Crippen molar-refractivity contribution in [3.63, 3.8) is 0 Å². The Labute approximate surface area is 175 Å². The molecule has 1 aliphatic heterocycles. The summed E-state index contributed by atoms with van der Waals surface area (Å²) in [6.07, 6.45) is 2.06. The number of rotatable bonds is 6. The third-order valence-electron chi connectivity index (χ3n) is 5.57. The van der Waals surface area contributed by atoms with Crippen LogP contribution in [0.3, 0.4) is 0 Å².